The highest BCUT2D eigenvalue weighted by Crippen LogP contribution is 2.46. The van der Waals surface area contributed by atoms with E-state index in [-0.39, 0.29) is 23.2 Å². The maximum Gasteiger partial charge on any atom is 0.291 e. The van der Waals surface area contributed by atoms with Crippen LogP contribution in [-0.2, 0) is 12.6 Å². The molecular formula is C25H24N6O2. The Kier molecular flexibility index (Phi) is 5.12. The van der Waals surface area contributed by atoms with E-state index in [9.17, 15) is 9.59 Å². The van der Waals surface area contributed by atoms with Crippen molar-refractivity contribution in [2.75, 3.05) is 0 Å². The number of carbonyl (C=O) groups excluding carboxylic acids is 1. The molecule has 0 bridgehead atoms. The monoisotopic (exact) mass is 440 g/mol. The predicted molar refractivity (Wildman–Crippen MR) is 124 cm³/mol. The van der Waals surface area contributed by atoms with Gasteiger partial charge in [0.15, 0.2) is 0 Å². The molecule has 0 saturated heterocycles. The second kappa shape index (κ2) is 8.12. The summed E-state index contributed by atoms with van der Waals surface area (Å²) in [7, 11) is 1.68. The number of rotatable bonds is 6. The summed E-state index contributed by atoms with van der Waals surface area (Å²) < 4.78 is 1.45. The summed E-state index contributed by atoms with van der Waals surface area (Å²) in [6, 6.07) is 17.7. The van der Waals surface area contributed by atoms with Gasteiger partial charge in [-0.1, -0.05) is 61.5 Å². The Hall–Kier alpha value is -4.07. The van der Waals surface area contributed by atoms with Gasteiger partial charge < -0.3 is 9.88 Å². The maximum atomic E-state index is 12.9. The highest BCUT2D eigenvalue weighted by Gasteiger charge is 2.46. The van der Waals surface area contributed by atoms with Gasteiger partial charge in [-0.3, -0.25) is 14.7 Å². The van der Waals surface area contributed by atoms with Gasteiger partial charge >= 0.3 is 0 Å². The first kappa shape index (κ1) is 20.8. The quantitative estimate of drug-likeness (QED) is 0.479. The Morgan fingerprint density at radius 1 is 1.12 bits per heavy atom. The summed E-state index contributed by atoms with van der Waals surface area (Å²) in [6.07, 6.45) is 4.74. The predicted octanol–water partition coefficient (Wildman–Crippen LogP) is 3.14. The molecule has 1 fully saturated rings. The van der Waals surface area contributed by atoms with Crippen molar-refractivity contribution in [3.8, 4) is 11.1 Å². The summed E-state index contributed by atoms with van der Waals surface area (Å²) in [5, 5.41) is 10.2. The molecule has 166 valence electrons. The smallest absolute Gasteiger partial charge is 0.291 e. The first-order valence-corrected chi connectivity index (χ1v) is 10.9. The second-order valence-corrected chi connectivity index (χ2v) is 8.51. The summed E-state index contributed by atoms with van der Waals surface area (Å²) in [6.45, 7) is 2.02. The van der Waals surface area contributed by atoms with Gasteiger partial charge in [0.2, 0.25) is 5.82 Å². The number of amides is 1. The zero-order valence-electron chi connectivity index (χ0n) is 18.4. The molecule has 0 radical (unpaired) electrons. The SMILES string of the molecule is C[C@H](c1ccccc1)c1nc(C(=O)NC2(c3ccc(-c4cncn(C)c4=O)cc3)CC2)n[nH]1. The van der Waals surface area contributed by atoms with E-state index in [1.54, 1.807) is 13.2 Å². The zero-order chi connectivity index (χ0) is 23.0. The molecule has 0 unspecified atom stereocenters. The van der Waals surface area contributed by atoms with Crippen LogP contribution in [-0.4, -0.2) is 30.6 Å². The number of carbonyl (C=O) groups is 1. The van der Waals surface area contributed by atoms with Crippen LogP contribution in [0.4, 0.5) is 0 Å². The van der Waals surface area contributed by atoms with E-state index in [0.717, 1.165) is 29.5 Å². The van der Waals surface area contributed by atoms with Crippen molar-refractivity contribution in [2.45, 2.75) is 31.2 Å². The first-order chi connectivity index (χ1) is 16.0. The Balaban J connectivity index is 1.32. The molecule has 1 aliphatic rings. The maximum absolute atomic E-state index is 12.9. The molecule has 1 atom stereocenters. The highest BCUT2D eigenvalue weighted by atomic mass is 16.2. The standard InChI is InChI=1S/C25H24N6O2/c1-16(17-6-4-3-5-7-17)21-27-22(30-29-21)23(32)28-25(12-13-25)19-10-8-18(9-11-19)20-14-26-15-31(2)24(20)33/h3-11,14-16H,12-13H2,1-2H3,(H,28,32)(H,27,29,30)/t16-/m1/s1. The average molecular weight is 441 g/mol. The highest BCUT2D eigenvalue weighted by molar-refractivity contribution is 5.91. The molecule has 2 aromatic heterocycles. The summed E-state index contributed by atoms with van der Waals surface area (Å²) in [5.74, 6) is 0.483. The van der Waals surface area contributed by atoms with Gasteiger partial charge in [0, 0.05) is 19.2 Å². The number of H-pyrrole nitrogens is 1. The van der Waals surface area contributed by atoms with Gasteiger partial charge in [0.05, 0.1) is 17.4 Å². The van der Waals surface area contributed by atoms with E-state index in [1.807, 2.05) is 61.5 Å². The molecule has 1 saturated carbocycles. The normalized spacial score (nSPS) is 15.1. The molecule has 33 heavy (non-hydrogen) atoms. The number of hydrogen-bond donors (Lipinski definition) is 2. The minimum Gasteiger partial charge on any atom is -0.340 e. The van der Waals surface area contributed by atoms with Crippen molar-refractivity contribution in [3.05, 3.63) is 100 Å². The number of benzene rings is 2. The van der Waals surface area contributed by atoms with E-state index >= 15 is 0 Å². The largest absolute Gasteiger partial charge is 0.340 e. The molecule has 1 aliphatic carbocycles. The Labute approximate surface area is 190 Å². The molecule has 8 heteroatoms. The Morgan fingerprint density at radius 3 is 2.55 bits per heavy atom. The van der Waals surface area contributed by atoms with E-state index < -0.39 is 5.54 Å². The van der Waals surface area contributed by atoms with Gasteiger partial charge in [-0.15, -0.1) is 5.10 Å². The fourth-order valence-electron chi connectivity index (χ4n) is 4.03. The van der Waals surface area contributed by atoms with Crippen LogP contribution >= 0.6 is 0 Å². The lowest BCUT2D eigenvalue weighted by molar-refractivity contribution is 0.0920. The number of hydrogen-bond acceptors (Lipinski definition) is 5. The second-order valence-electron chi connectivity index (χ2n) is 8.51. The molecule has 2 aromatic carbocycles. The van der Waals surface area contributed by atoms with Crippen LogP contribution in [0.25, 0.3) is 11.1 Å². The van der Waals surface area contributed by atoms with Gasteiger partial charge in [-0.2, -0.15) is 0 Å². The number of nitrogens with zero attached hydrogens (tertiary/aromatic N) is 4. The topological polar surface area (TPSA) is 106 Å². The molecule has 2 heterocycles. The summed E-state index contributed by atoms with van der Waals surface area (Å²) in [5.41, 5.74) is 2.90. The molecule has 1 amide bonds. The Morgan fingerprint density at radius 2 is 1.85 bits per heavy atom. The molecule has 8 nitrogen and oxygen atoms in total. The van der Waals surface area contributed by atoms with E-state index in [0.29, 0.717) is 11.4 Å². The van der Waals surface area contributed by atoms with Crippen LogP contribution in [0.2, 0.25) is 0 Å². The number of aromatic nitrogens is 5. The fraction of sp³-hybridized carbons (Fsp3) is 0.240. The van der Waals surface area contributed by atoms with E-state index in [4.69, 9.17) is 0 Å². The van der Waals surface area contributed by atoms with Gasteiger partial charge in [0.25, 0.3) is 11.5 Å². The molecule has 2 N–H and O–H groups in total. The van der Waals surface area contributed by atoms with E-state index in [1.165, 1.54) is 10.9 Å². The van der Waals surface area contributed by atoms with Gasteiger partial charge in [-0.05, 0) is 29.5 Å². The van der Waals surface area contributed by atoms with E-state index in [2.05, 4.69) is 25.5 Å². The van der Waals surface area contributed by atoms with Gasteiger partial charge in [-0.25, -0.2) is 9.97 Å². The van der Waals surface area contributed by atoms with Gasteiger partial charge in [0.1, 0.15) is 5.82 Å². The number of aryl methyl sites for hydroxylation is 1. The van der Waals surface area contributed by atoms with Crippen LogP contribution in [0.5, 0.6) is 0 Å². The van der Waals surface area contributed by atoms with Crippen molar-refractivity contribution in [3.63, 3.8) is 0 Å². The van der Waals surface area contributed by atoms with Crippen molar-refractivity contribution >= 4 is 5.91 Å². The third-order valence-corrected chi connectivity index (χ3v) is 6.26. The lowest BCUT2D eigenvalue weighted by Gasteiger charge is -2.17. The minimum absolute atomic E-state index is 0.00265. The Bertz CT molecular complexity index is 1350. The number of nitrogens with one attached hydrogen (secondary N) is 2. The van der Waals surface area contributed by atoms with Crippen molar-refractivity contribution in [1.29, 1.82) is 0 Å². The van der Waals surface area contributed by atoms with Crippen molar-refractivity contribution in [1.82, 2.24) is 30.0 Å². The molecule has 0 spiro atoms. The first-order valence-electron chi connectivity index (χ1n) is 10.9. The van der Waals surface area contributed by atoms with Crippen LogP contribution in [0, 0.1) is 0 Å². The summed E-state index contributed by atoms with van der Waals surface area (Å²) in [4.78, 5) is 33.8. The van der Waals surface area contributed by atoms with Crippen LogP contribution in [0.3, 0.4) is 0 Å². The van der Waals surface area contributed by atoms with Crippen LogP contribution < -0.4 is 10.9 Å². The average Bonchev–Trinajstić information content (AvgIpc) is 3.45. The number of aromatic amines is 1. The fourth-order valence-corrected chi connectivity index (χ4v) is 4.03. The molecule has 4 aromatic rings. The summed E-state index contributed by atoms with van der Waals surface area (Å²) >= 11 is 0. The third kappa shape index (κ3) is 3.95. The van der Waals surface area contributed by atoms with Crippen LogP contribution in [0.1, 0.15) is 53.3 Å². The zero-order valence-corrected chi connectivity index (χ0v) is 18.4. The molecule has 5 rings (SSSR count). The molecule has 0 aliphatic heterocycles. The minimum atomic E-state index is -0.429. The van der Waals surface area contributed by atoms with Crippen molar-refractivity contribution < 1.29 is 4.79 Å². The van der Waals surface area contributed by atoms with Crippen molar-refractivity contribution in [2.24, 2.45) is 7.05 Å². The van der Waals surface area contributed by atoms with Crippen LogP contribution in [0.15, 0.2) is 71.9 Å². The molecular weight excluding hydrogens is 416 g/mol. The lowest BCUT2D eigenvalue weighted by atomic mass is 10.0. The lowest BCUT2D eigenvalue weighted by Crippen LogP contribution is -2.35. The third-order valence-electron chi connectivity index (χ3n) is 6.26.